The molecule has 1 amide bonds. The minimum absolute atomic E-state index is 0.287. The van der Waals surface area contributed by atoms with Crippen molar-refractivity contribution in [2.24, 2.45) is 5.10 Å². The molecule has 0 unspecified atom stereocenters. The highest BCUT2D eigenvalue weighted by atomic mass is 79.9. The number of nitrogens with one attached hydrogen (secondary N) is 1. The van der Waals surface area contributed by atoms with E-state index < -0.39 is 0 Å². The molecule has 1 aromatic carbocycles. The number of carbonyl (C=O) groups is 1. The van der Waals surface area contributed by atoms with Crippen LogP contribution in [0.3, 0.4) is 0 Å². The van der Waals surface area contributed by atoms with Crippen molar-refractivity contribution in [3.8, 4) is 5.69 Å². The molecule has 0 fully saturated rings. The molecule has 0 aliphatic rings. The number of hydrogen-bond donors (Lipinski definition) is 1. The molecule has 25 heavy (non-hydrogen) atoms. The zero-order chi connectivity index (χ0) is 18.0. The summed E-state index contributed by atoms with van der Waals surface area (Å²) in [7, 11) is 0. The first-order chi connectivity index (χ1) is 12.0. The lowest BCUT2D eigenvalue weighted by Gasteiger charge is -2.10. The number of hydrogen-bond acceptors (Lipinski definition) is 3. The third-order valence-electron chi connectivity index (χ3n) is 3.66. The van der Waals surface area contributed by atoms with Crippen LogP contribution in [0.5, 0.6) is 0 Å². The highest BCUT2D eigenvalue weighted by Crippen LogP contribution is 2.25. The van der Waals surface area contributed by atoms with Gasteiger partial charge in [0.25, 0.3) is 5.91 Å². The van der Waals surface area contributed by atoms with Gasteiger partial charge in [0.1, 0.15) is 5.76 Å². The van der Waals surface area contributed by atoms with Crippen molar-refractivity contribution in [1.82, 2.24) is 9.99 Å². The molecule has 0 saturated heterocycles. The van der Waals surface area contributed by atoms with Crippen molar-refractivity contribution >= 4 is 44.0 Å². The Hall–Kier alpha value is -2.12. The first-order valence-electron chi connectivity index (χ1n) is 7.49. The molecule has 1 N–H and O–H groups in total. The highest BCUT2D eigenvalue weighted by molar-refractivity contribution is 9.13. The van der Waals surface area contributed by atoms with Crippen LogP contribution in [0.25, 0.3) is 5.69 Å². The van der Waals surface area contributed by atoms with E-state index in [2.05, 4.69) is 47.0 Å². The maximum Gasteiger partial charge on any atom is 0.271 e. The summed E-state index contributed by atoms with van der Waals surface area (Å²) in [6.45, 7) is 4.06. The van der Waals surface area contributed by atoms with Crippen molar-refractivity contribution in [2.45, 2.75) is 13.8 Å². The number of nitrogens with zero attached hydrogens (tertiary/aromatic N) is 2. The Bertz CT molecular complexity index is 918. The molecule has 0 spiro atoms. The van der Waals surface area contributed by atoms with E-state index in [0.29, 0.717) is 16.0 Å². The summed E-state index contributed by atoms with van der Waals surface area (Å²) in [5.41, 5.74) is 6.21. The normalized spacial score (nSPS) is 11.2. The van der Waals surface area contributed by atoms with Crippen molar-refractivity contribution in [3.05, 3.63) is 74.3 Å². The number of benzene rings is 1. The molecule has 2 aromatic heterocycles. The summed E-state index contributed by atoms with van der Waals surface area (Å²) in [4.78, 5) is 12.3. The van der Waals surface area contributed by atoms with Gasteiger partial charge < -0.3 is 8.98 Å². The zero-order valence-electron chi connectivity index (χ0n) is 13.6. The van der Waals surface area contributed by atoms with Gasteiger partial charge in [0.05, 0.1) is 10.7 Å². The predicted octanol–water partition coefficient (Wildman–Crippen LogP) is 4.98. The molecule has 0 aliphatic carbocycles. The second kappa shape index (κ2) is 7.41. The van der Waals surface area contributed by atoms with E-state index in [9.17, 15) is 4.79 Å². The second-order valence-electron chi connectivity index (χ2n) is 5.47. The number of halogens is 2. The van der Waals surface area contributed by atoms with Crippen molar-refractivity contribution in [1.29, 1.82) is 0 Å². The molecule has 0 atom stereocenters. The fraction of sp³-hybridized carbons (Fsp3) is 0.111. The highest BCUT2D eigenvalue weighted by Gasteiger charge is 2.09. The lowest BCUT2D eigenvalue weighted by Crippen LogP contribution is -2.17. The number of rotatable bonds is 4. The van der Waals surface area contributed by atoms with Crippen molar-refractivity contribution in [3.63, 3.8) is 0 Å². The second-order valence-corrected chi connectivity index (χ2v) is 7.05. The van der Waals surface area contributed by atoms with Gasteiger partial charge in [0.2, 0.25) is 0 Å². The Kier molecular flexibility index (Phi) is 5.24. The standard InChI is InChI=1S/C18H15Br2N3O2/c1-11-6-7-12(2)23(11)14-5-3-4-13(8-14)18(24)22-21-10-15-9-16(19)17(20)25-15/h3-10H,1-2H3,(H,22,24)/b21-10-. The zero-order valence-corrected chi connectivity index (χ0v) is 16.8. The Balaban J connectivity index is 1.75. The fourth-order valence-corrected chi connectivity index (χ4v) is 3.12. The van der Waals surface area contributed by atoms with E-state index in [1.165, 1.54) is 6.21 Å². The molecule has 3 rings (SSSR count). The third-order valence-corrected chi connectivity index (χ3v) is 5.37. The van der Waals surface area contributed by atoms with E-state index in [1.807, 2.05) is 44.2 Å². The number of carbonyl (C=O) groups excluding carboxylic acids is 1. The van der Waals surface area contributed by atoms with Crippen LogP contribution in [0.1, 0.15) is 27.5 Å². The van der Waals surface area contributed by atoms with Gasteiger partial charge in [-0.25, -0.2) is 5.43 Å². The number of hydrazone groups is 1. The van der Waals surface area contributed by atoms with Crippen LogP contribution in [0.4, 0.5) is 0 Å². The monoisotopic (exact) mass is 463 g/mol. The summed E-state index contributed by atoms with van der Waals surface area (Å²) >= 11 is 6.57. The molecule has 2 heterocycles. The molecule has 3 aromatic rings. The summed E-state index contributed by atoms with van der Waals surface area (Å²) in [6, 6.07) is 13.3. The Morgan fingerprint density at radius 3 is 2.52 bits per heavy atom. The molecule has 0 radical (unpaired) electrons. The van der Waals surface area contributed by atoms with Gasteiger partial charge in [-0.1, -0.05) is 6.07 Å². The van der Waals surface area contributed by atoms with Crippen LogP contribution in [0.15, 0.2) is 61.1 Å². The minimum Gasteiger partial charge on any atom is -0.447 e. The Labute approximate surface area is 162 Å². The van der Waals surface area contributed by atoms with E-state index in [1.54, 1.807) is 12.1 Å². The van der Waals surface area contributed by atoms with Crippen LogP contribution >= 0.6 is 31.9 Å². The van der Waals surface area contributed by atoms with Gasteiger partial charge >= 0.3 is 0 Å². The number of aromatic nitrogens is 1. The van der Waals surface area contributed by atoms with Crippen LogP contribution in [-0.4, -0.2) is 16.7 Å². The van der Waals surface area contributed by atoms with E-state index in [0.717, 1.165) is 21.5 Å². The minimum atomic E-state index is -0.287. The van der Waals surface area contributed by atoms with Crippen LogP contribution in [-0.2, 0) is 0 Å². The molecule has 7 heteroatoms. The number of aryl methyl sites for hydroxylation is 2. The predicted molar refractivity (Wildman–Crippen MR) is 104 cm³/mol. The van der Waals surface area contributed by atoms with Gasteiger partial charge in [-0.05, 0) is 76.0 Å². The first-order valence-corrected chi connectivity index (χ1v) is 9.08. The smallest absolute Gasteiger partial charge is 0.271 e. The molecule has 5 nitrogen and oxygen atoms in total. The largest absolute Gasteiger partial charge is 0.447 e. The number of amides is 1. The summed E-state index contributed by atoms with van der Waals surface area (Å²) < 4.78 is 8.81. The molecule has 0 aliphatic heterocycles. The average Bonchev–Trinajstić information content (AvgIpc) is 3.09. The molecule has 0 bridgehead atoms. The third kappa shape index (κ3) is 3.93. The quantitative estimate of drug-likeness (QED) is 0.437. The summed E-state index contributed by atoms with van der Waals surface area (Å²) in [5, 5.41) is 3.93. The Morgan fingerprint density at radius 2 is 1.88 bits per heavy atom. The van der Waals surface area contributed by atoms with E-state index in [-0.39, 0.29) is 5.91 Å². The van der Waals surface area contributed by atoms with Gasteiger partial charge in [-0.15, -0.1) is 0 Å². The van der Waals surface area contributed by atoms with Crippen molar-refractivity contribution < 1.29 is 9.21 Å². The molecular formula is C18H15Br2N3O2. The van der Waals surface area contributed by atoms with Crippen LogP contribution in [0, 0.1) is 13.8 Å². The maximum absolute atomic E-state index is 12.3. The van der Waals surface area contributed by atoms with Gasteiger partial charge in [0.15, 0.2) is 4.67 Å². The van der Waals surface area contributed by atoms with E-state index in [4.69, 9.17) is 4.42 Å². The maximum atomic E-state index is 12.3. The summed E-state index contributed by atoms with van der Waals surface area (Å²) in [5.74, 6) is 0.233. The van der Waals surface area contributed by atoms with Gasteiger partial charge in [0, 0.05) is 28.7 Å². The average molecular weight is 465 g/mol. The lowest BCUT2D eigenvalue weighted by atomic mass is 10.2. The lowest BCUT2D eigenvalue weighted by molar-refractivity contribution is 0.0955. The van der Waals surface area contributed by atoms with Gasteiger partial charge in [-0.3, -0.25) is 4.79 Å². The topological polar surface area (TPSA) is 59.5 Å². The van der Waals surface area contributed by atoms with Gasteiger partial charge in [-0.2, -0.15) is 5.10 Å². The van der Waals surface area contributed by atoms with Crippen LogP contribution < -0.4 is 5.43 Å². The van der Waals surface area contributed by atoms with Crippen LogP contribution in [0.2, 0.25) is 0 Å². The SMILES string of the molecule is Cc1ccc(C)n1-c1cccc(C(=O)N/N=C\c2cc(Br)c(Br)o2)c1. The van der Waals surface area contributed by atoms with Crippen molar-refractivity contribution in [2.75, 3.05) is 0 Å². The molecule has 0 saturated carbocycles. The first kappa shape index (κ1) is 17.7. The van der Waals surface area contributed by atoms with E-state index >= 15 is 0 Å². The number of furan rings is 1. The molecular weight excluding hydrogens is 450 g/mol. The summed E-state index contributed by atoms with van der Waals surface area (Å²) in [6.07, 6.45) is 1.44. The fourth-order valence-electron chi connectivity index (χ4n) is 2.51. The molecule has 128 valence electrons. The Morgan fingerprint density at radius 1 is 1.16 bits per heavy atom.